The van der Waals surface area contributed by atoms with Crippen LogP contribution in [0.2, 0.25) is 0 Å². The molecule has 0 spiro atoms. The molecule has 110 valence electrons. The second kappa shape index (κ2) is 6.27. The fourth-order valence-electron chi connectivity index (χ4n) is 2.91. The van der Waals surface area contributed by atoms with E-state index in [0.29, 0.717) is 6.42 Å². The van der Waals surface area contributed by atoms with E-state index in [1.807, 2.05) is 19.1 Å². The minimum absolute atomic E-state index is 0.0500. The molecule has 2 rings (SSSR count). The quantitative estimate of drug-likeness (QED) is 0.835. The van der Waals surface area contributed by atoms with E-state index in [1.165, 1.54) is 5.56 Å². The van der Waals surface area contributed by atoms with E-state index in [4.69, 9.17) is 10.5 Å². The Morgan fingerprint density at radius 3 is 2.65 bits per heavy atom. The van der Waals surface area contributed by atoms with Crippen molar-refractivity contribution in [3.8, 4) is 5.75 Å². The number of nitrogens with one attached hydrogen (secondary N) is 1. The highest BCUT2D eigenvalue weighted by atomic mass is 16.5. The number of hydrogen-bond acceptors (Lipinski definition) is 3. The van der Waals surface area contributed by atoms with Crippen molar-refractivity contribution in [3.05, 3.63) is 29.8 Å². The highest BCUT2D eigenvalue weighted by molar-refractivity contribution is 5.85. The SMILES string of the molecule is CCNC1(C(N)=O)CCC(Oc2ccc(CC)cc2)C1. The molecular weight excluding hydrogens is 252 g/mol. The van der Waals surface area contributed by atoms with Gasteiger partial charge in [-0.25, -0.2) is 0 Å². The van der Waals surface area contributed by atoms with Gasteiger partial charge in [0.05, 0.1) is 0 Å². The lowest BCUT2D eigenvalue weighted by Gasteiger charge is -2.26. The molecule has 1 saturated carbocycles. The Hall–Kier alpha value is -1.55. The number of carbonyl (C=O) groups is 1. The molecule has 0 heterocycles. The summed E-state index contributed by atoms with van der Waals surface area (Å²) in [6.07, 6.45) is 3.31. The molecule has 3 N–H and O–H groups in total. The largest absolute Gasteiger partial charge is 0.490 e. The van der Waals surface area contributed by atoms with Crippen LogP contribution in [0.3, 0.4) is 0 Å². The molecule has 2 atom stereocenters. The molecule has 0 saturated heterocycles. The van der Waals surface area contributed by atoms with E-state index in [2.05, 4.69) is 24.4 Å². The van der Waals surface area contributed by atoms with Gasteiger partial charge in [0, 0.05) is 6.42 Å². The molecule has 1 amide bonds. The first-order valence-electron chi connectivity index (χ1n) is 7.40. The van der Waals surface area contributed by atoms with Gasteiger partial charge in [-0.05, 0) is 43.5 Å². The van der Waals surface area contributed by atoms with Crippen LogP contribution < -0.4 is 15.8 Å². The van der Waals surface area contributed by atoms with Gasteiger partial charge in [0.1, 0.15) is 17.4 Å². The van der Waals surface area contributed by atoms with Crippen molar-refractivity contribution in [2.24, 2.45) is 5.73 Å². The van der Waals surface area contributed by atoms with E-state index in [1.54, 1.807) is 0 Å². The van der Waals surface area contributed by atoms with Gasteiger partial charge in [-0.1, -0.05) is 26.0 Å². The van der Waals surface area contributed by atoms with Crippen LogP contribution in [0, 0.1) is 0 Å². The third-order valence-corrected chi connectivity index (χ3v) is 4.09. The molecule has 1 aliphatic carbocycles. The maximum Gasteiger partial charge on any atom is 0.237 e. The first kappa shape index (κ1) is 14.9. The predicted molar refractivity (Wildman–Crippen MR) is 79.7 cm³/mol. The van der Waals surface area contributed by atoms with Crippen LogP contribution in [0.1, 0.15) is 38.7 Å². The number of rotatable bonds is 6. The highest BCUT2D eigenvalue weighted by Gasteiger charge is 2.44. The lowest BCUT2D eigenvalue weighted by Crippen LogP contribution is -2.54. The van der Waals surface area contributed by atoms with Gasteiger partial charge in [0.2, 0.25) is 5.91 Å². The molecule has 4 nitrogen and oxygen atoms in total. The lowest BCUT2D eigenvalue weighted by molar-refractivity contribution is -0.124. The van der Waals surface area contributed by atoms with Crippen LogP contribution in [-0.4, -0.2) is 24.1 Å². The van der Waals surface area contributed by atoms with Crippen molar-refractivity contribution in [3.63, 3.8) is 0 Å². The second-order valence-electron chi connectivity index (χ2n) is 5.46. The van der Waals surface area contributed by atoms with Crippen molar-refractivity contribution < 1.29 is 9.53 Å². The van der Waals surface area contributed by atoms with Crippen molar-refractivity contribution in [1.29, 1.82) is 0 Å². The number of primary amides is 1. The predicted octanol–water partition coefficient (Wildman–Crippen LogP) is 2.01. The van der Waals surface area contributed by atoms with Crippen LogP contribution in [0.5, 0.6) is 5.75 Å². The van der Waals surface area contributed by atoms with Crippen molar-refractivity contribution >= 4 is 5.91 Å². The number of carbonyl (C=O) groups excluding carboxylic acids is 1. The number of hydrogen-bond donors (Lipinski definition) is 2. The Kier molecular flexibility index (Phi) is 4.65. The molecule has 0 aromatic heterocycles. The molecule has 20 heavy (non-hydrogen) atoms. The maximum absolute atomic E-state index is 11.7. The van der Waals surface area contributed by atoms with E-state index >= 15 is 0 Å². The minimum Gasteiger partial charge on any atom is -0.490 e. The van der Waals surface area contributed by atoms with Crippen LogP contribution in [-0.2, 0) is 11.2 Å². The van der Waals surface area contributed by atoms with Gasteiger partial charge < -0.3 is 15.8 Å². The van der Waals surface area contributed by atoms with Crippen molar-refractivity contribution in [2.45, 2.75) is 51.2 Å². The molecule has 1 aliphatic rings. The number of nitrogens with two attached hydrogens (primary N) is 1. The van der Waals surface area contributed by atoms with E-state index < -0.39 is 5.54 Å². The summed E-state index contributed by atoms with van der Waals surface area (Å²) < 4.78 is 5.98. The smallest absolute Gasteiger partial charge is 0.237 e. The molecule has 0 bridgehead atoms. The van der Waals surface area contributed by atoms with Gasteiger partial charge in [0.15, 0.2) is 0 Å². The fraction of sp³-hybridized carbons (Fsp3) is 0.562. The molecule has 1 aromatic rings. The Bertz CT molecular complexity index is 458. The monoisotopic (exact) mass is 276 g/mol. The summed E-state index contributed by atoms with van der Waals surface area (Å²) in [6, 6.07) is 8.15. The third kappa shape index (κ3) is 3.12. The highest BCUT2D eigenvalue weighted by Crippen LogP contribution is 2.32. The molecule has 0 aliphatic heterocycles. The summed E-state index contributed by atoms with van der Waals surface area (Å²) in [7, 11) is 0. The summed E-state index contributed by atoms with van der Waals surface area (Å²) in [5, 5.41) is 3.24. The van der Waals surface area contributed by atoms with Crippen LogP contribution in [0.15, 0.2) is 24.3 Å². The molecule has 1 fully saturated rings. The Balaban J connectivity index is 1.99. The molecular formula is C16H24N2O2. The fourth-order valence-corrected chi connectivity index (χ4v) is 2.91. The number of ether oxygens (including phenoxy) is 1. The van der Waals surface area contributed by atoms with Gasteiger partial charge in [-0.2, -0.15) is 0 Å². The Morgan fingerprint density at radius 1 is 1.40 bits per heavy atom. The van der Waals surface area contributed by atoms with E-state index in [-0.39, 0.29) is 12.0 Å². The van der Waals surface area contributed by atoms with E-state index in [0.717, 1.165) is 31.6 Å². The van der Waals surface area contributed by atoms with Crippen molar-refractivity contribution in [1.82, 2.24) is 5.32 Å². The number of amides is 1. The lowest BCUT2D eigenvalue weighted by atomic mass is 9.96. The molecule has 2 unspecified atom stereocenters. The standard InChI is InChI=1S/C16H24N2O2/c1-3-12-5-7-13(8-6-12)20-14-9-10-16(11-14,15(17)19)18-4-2/h5-8,14,18H,3-4,9-11H2,1-2H3,(H2,17,19). The zero-order valence-corrected chi connectivity index (χ0v) is 12.3. The molecule has 4 heteroatoms. The molecule has 0 radical (unpaired) electrons. The average Bonchev–Trinajstić information content (AvgIpc) is 2.84. The maximum atomic E-state index is 11.7. The second-order valence-corrected chi connectivity index (χ2v) is 5.46. The van der Waals surface area contributed by atoms with Crippen molar-refractivity contribution in [2.75, 3.05) is 6.54 Å². The normalized spacial score (nSPS) is 25.6. The van der Waals surface area contributed by atoms with Gasteiger partial charge in [-0.15, -0.1) is 0 Å². The van der Waals surface area contributed by atoms with Crippen LogP contribution in [0.4, 0.5) is 0 Å². The summed E-state index contributed by atoms with van der Waals surface area (Å²) >= 11 is 0. The number of likely N-dealkylation sites (N-methyl/N-ethyl adjacent to an activating group) is 1. The Labute approximate surface area is 120 Å². The van der Waals surface area contributed by atoms with E-state index in [9.17, 15) is 4.79 Å². The zero-order chi connectivity index (χ0) is 14.6. The van der Waals surface area contributed by atoms with Crippen LogP contribution >= 0.6 is 0 Å². The van der Waals surface area contributed by atoms with Gasteiger partial charge in [-0.3, -0.25) is 4.79 Å². The van der Waals surface area contributed by atoms with Gasteiger partial charge >= 0.3 is 0 Å². The van der Waals surface area contributed by atoms with Gasteiger partial charge in [0.25, 0.3) is 0 Å². The minimum atomic E-state index is -0.594. The van der Waals surface area contributed by atoms with Crippen LogP contribution in [0.25, 0.3) is 0 Å². The summed E-state index contributed by atoms with van der Waals surface area (Å²) in [5.41, 5.74) is 6.26. The topological polar surface area (TPSA) is 64.3 Å². The first-order valence-corrected chi connectivity index (χ1v) is 7.40. The number of benzene rings is 1. The summed E-state index contributed by atoms with van der Waals surface area (Å²) in [5.74, 6) is 0.593. The average molecular weight is 276 g/mol. The third-order valence-electron chi connectivity index (χ3n) is 4.09. The summed E-state index contributed by atoms with van der Waals surface area (Å²) in [4.78, 5) is 11.7. The zero-order valence-electron chi connectivity index (χ0n) is 12.3. The molecule has 1 aromatic carbocycles. The Morgan fingerprint density at radius 2 is 2.10 bits per heavy atom. The number of aryl methyl sites for hydroxylation is 1. The first-order chi connectivity index (χ1) is 9.59. The summed E-state index contributed by atoms with van der Waals surface area (Å²) in [6.45, 7) is 4.85.